The second-order valence-electron chi connectivity index (χ2n) is 6.11. The summed E-state index contributed by atoms with van der Waals surface area (Å²) < 4.78 is 5.37. The van der Waals surface area contributed by atoms with Gasteiger partial charge >= 0.3 is 5.97 Å². The Kier molecular flexibility index (Phi) is 6.74. The van der Waals surface area contributed by atoms with Gasteiger partial charge in [0.05, 0.1) is 18.7 Å². The Morgan fingerprint density at radius 2 is 2.25 bits per heavy atom. The van der Waals surface area contributed by atoms with Crippen LogP contribution >= 0.6 is 11.3 Å². The van der Waals surface area contributed by atoms with Crippen molar-refractivity contribution in [3.63, 3.8) is 0 Å². The Morgan fingerprint density at radius 3 is 2.92 bits per heavy atom. The van der Waals surface area contributed by atoms with E-state index in [-0.39, 0.29) is 11.9 Å². The third-order valence-electron chi connectivity index (χ3n) is 4.49. The molecule has 0 spiro atoms. The number of esters is 1. The van der Waals surface area contributed by atoms with E-state index in [1.807, 2.05) is 12.3 Å². The monoisotopic (exact) mass is 353 g/mol. The van der Waals surface area contributed by atoms with E-state index in [4.69, 9.17) is 4.74 Å². The van der Waals surface area contributed by atoms with Crippen LogP contribution in [0.4, 0.5) is 0 Å². The van der Waals surface area contributed by atoms with E-state index >= 15 is 0 Å². The minimum absolute atomic E-state index is 0.0380. The summed E-state index contributed by atoms with van der Waals surface area (Å²) in [4.78, 5) is 30.9. The van der Waals surface area contributed by atoms with E-state index in [2.05, 4.69) is 22.1 Å². The van der Waals surface area contributed by atoms with E-state index in [1.54, 1.807) is 7.05 Å². The fourth-order valence-corrected chi connectivity index (χ4v) is 4.17. The van der Waals surface area contributed by atoms with Gasteiger partial charge in [0.1, 0.15) is 10.5 Å². The summed E-state index contributed by atoms with van der Waals surface area (Å²) in [6.45, 7) is 5.86. The Balaban J connectivity index is 2.11. The number of ether oxygens (including phenoxy) is 1. The van der Waals surface area contributed by atoms with Crippen LogP contribution < -0.4 is 5.32 Å². The molecule has 1 aliphatic heterocycles. The molecular formula is C17H27N3O3S. The van der Waals surface area contributed by atoms with Gasteiger partial charge in [0.25, 0.3) is 0 Å². The fraction of sp³-hybridized carbons (Fsp3) is 0.706. The number of amides is 1. The Morgan fingerprint density at radius 1 is 1.46 bits per heavy atom. The maximum absolute atomic E-state index is 12.6. The van der Waals surface area contributed by atoms with Crippen molar-refractivity contribution in [3.8, 4) is 0 Å². The molecule has 0 unspecified atom stereocenters. The van der Waals surface area contributed by atoms with Gasteiger partial charge in [-0.3, -0.25) is 14.5 Å². The summed E-state index contributed by atoms with van der Waals surface area (Å²) in [7, 11) is 1.62. The maximum Gasteiger partial charge on any atom is 0.326 e. The van der Waals surface area contributed by atoms with E-state index in [0.717, 1.165) is 42.9 Å². The first kappa shape index (κ1) is 18.9. The zero-order valence-corrected chi connectivity index (χ0v) is 15.6. The number of likely N-dealkylation sites (tertiary alicyclic amines) is 1. The molecule has 1 aromatic rings. The number of thiazole rings is 1. The van der Waals surface area contributed by atoms with Crippen LogP contribution in [0.2, 0.25) is 0 Å². The first-order chi connectivity index (χ1) is 11.6. The molecule has 1 aliphatic rings. The maximum atomic E-state index is 12.6. The van der Waals surface area contributed by atoms with Crippen LogP contribution in [-0.4, -0.2) is 47.5 Å². The van der Waals surface area contributed by atoms with E-state index in [9.17, 15) is 9.59 Å². The number of carbonyl (C=O) groups is 2. The predicted molar refractivity (Wildman–Crippen MR) is 93.8 cm³/mol. The number of rotatable bonds is 8. The van der Waals surface area contributed by atoms with Gasteiger partial charge in [-0.25, -0.2) is 4.98 Å². The lowest BCUT2D eigenvalue weighted by molar-refractivity contribution is -0.157. The largest absolute Gasteiger partial charge is 0.465 e. The highest BCUT2D eigenvalue weighted by atomic mass is 32.1. The number of hydrogen-bond donors (Lipinski definition) is 1. The van der Waals surface area contributed by atoms with Crippen molar-refractivity contribution >= 4 is 23.2 Å². The van der Waals surface area contributed by atoms with E-state index in [1.165, 1.54) is 11.3 Å². The average Bonchev–Trinajstić information content (AvgIpc) is 3.16. The smallest absolute Gasteiger partial charge is 0.326 e. The van der Waals surface area contributed by atoms with Gasteiger partial charge in [0.2, 0.25) is 5.91 Å². The van der Waals surface area contributed by atoms with Crippen LogP contribution in [-0.2, 0) is 27.3 Å². The van der Waals surface area contributed by atoms with Gasteiger partial charge in [0, 0.05) is 19.0 Å². The molecule has 1 aromatic heterocycles. The quantitative estimate of drug-likeness (QED) is 0.725. The predicted octanol–water partition coefficient (Wildman–Crippen LogP) is 2.13. The molecule has 2 heterocycles. The molecule has 0 aliphatic carbocycles. The van der Waals surface area contributed by atoms with Crippen LogP contribution in [0.5, 0.6) is 0 Å². The standard InChI is InChI=1S/C17H27N3O3S/c1-4-7-17(16(22)23-5-2)8-6-9-20(17)11-13-12-24-15(19-13)10-14(21)18-3/h12H,4-11H2,1-3H3,(H,18,21)/t17-/m0/s1. The van der Waals surface area contributed by atoms with Gasteiger partial charge in [0.15, 0.2) is 0 Å². The number of carbonyl (C=O) groups excluding carboxylic acids is 2. The van der Waals surface area contributed by atoms with Crippen molar-refractivity contribution < 1.29 is 14.3 Å². The molecule has 0 aromatic carbocycles. The molecular weight excluding hydrogens is 326 g/mol. The number of nitrogens with zero attached hydrogens (tertiary/aromatic N) is 2. The molecule has 1 N–H and O–H groups in total. The molecule has 1 atom stereocenters. The van der Waals surface area contributed by atoms with Crippen LogP contribution in [0.15, 0.2) is 5.38 Å². The van der Waals surface area contributed by atoms with E-state index in [0.29, 0.717) is 19.6 Å². The van der Waals surface area contributed by atoms with E-state index < -0.39 is 5.54 Å². The number of aromatic nitrogens is 1. The molecule has 0 bridgehead atoms. The first-order valence-corrected chi connectivity index (χ1v) is 9.49. The Labute approximate surface area is 147 Å². The topological polar surface area (TPSA) is 71.5 Å². The summed E-state index contributed by atoms with van der Waals surface area (Å²) in [5.74, 6) is -0.144. The van der Waals surface area contributed by atoms with Crippen molar-refractivity contribution in [2.24, 2.45) is 0 Å². The number of nitrogens with one attached hydrogen (secondary N) is 1. The molecule has 24 heavy (non-hydrogen) atoms. The lowest BCUT2D eigenvalue weighted by atomic mass is 9.90. The third kappa shape index (κ3) is 4.13. The summed E-state index contributed by atoms with van der Waals surface area (Å²) in [6.07, 6.45) is 3.89. The third-order valence-corrected chi connectivity index (χ3v) is 5.38. The lowest BCUT2D eigenvalue weighted by Crippen LogP contribution is -2.51. The first-order valence-electron chi connectivity index (χ1n) is 8.61. The zero-order chi connectivity index (χ0) is 17.6. The molecule has 1 fully saturated rings. The Bertz CT molecular complexity index is 575. The van der Waals surface area contributed by atoms with Gasteiger partial charge in [-0.15, -0.1) is 11.3 Å². The van der Waals surface area contributed by atoms with Crippen molar-refractivity contribution in [2.75, 3.05) is 20.2 Å². The zero-order valence-electron chi connectivity index (χ0n) is 14.8. The van der Waals surface area contributed by atoms with Gasteiger partial charge in [-0.1, -0.05) is 13.3 Å². The summed E-state index contributed by atoms with van der Waals surface area (Å²) in [5.41, 5.74) is 0.403. The van der Waals surface area contributed by atoms with Crippen molar-refractivity contribution in [1.29, 1.82) is 0 Å². The molecule has 6 nitrogen and oxygen atoms in total. The minimum Gasteiger partial charge on any atom is -0.465 e. The van der Waals surface area contributed by atoms with Crippen LogP contribution in [0, 0.1) is 0 Å². The molecule has 134 valence electrons. The van der Waals surface area contributed by atoms with Crippen molar-refractivity contribution in [1.82, 2.24) is 15.2 Å². The van der Waals surface area contributed by atoms with Crippen LogP contribution in [0.25, 0.3) is 0 Å². The molecule has 7 heteroatoms. The van der Waals surface area contributed by atoms with Gasteiger partial charge in [-0.05, 0) is 32.7 Å². The molecule has 1 amide bonds. The SMILES string of the molecule is CCC[C@@]1(C(=O)OCC)CCCN1Cc1csc(CC(=O)NC)n1. The summed E-state index contributed by atoms with van der Waals surface area (Å²) >= 11 is 1.49. The van der Waals surface area contributed by atoms with Gasteiger partial charge in [-0.2, -0.15) is 0 Å². The second kappa shape index (κ2) is 8.58. The molecule has 2 rings (SSSR count). The van der Waals surface area contributed by atoms with Crippen molar-refractivity contribution in [2.45, 2.75) is 58.0 Å². The normalized spacial score (nSPS) is 21.0. The average molecular weight is 353 g/mol. The Hall–Kier alpha value is -1.47. The molecule has 1 saturated heterocycles. The number of hydrogen-bond acceptors (Lipinski definition) is 6. The van der Waals surface area contributed by atoms with Crippen LogP contribution in [0.3, 0.4) is 0 Å². The van der Waals surface area contributed by atoms with Crippen LogP contribution in [0.1, 0.15) is 50.2 Å². The molecule has 0 radical (unpaired) electrons. The van der Waals surface area contributed by atoms with Crippen molar-refractivity contribution in [3.05, 3.63) is 16.1 Å². The number of likely N-dealkylation sites (N-methyl/N-ethyl adjacent to an activating group) is 1. The highest BCUT2D eigenvalue weighted by Gasteiger charge is 2.47. The highest BCUT2D eigenvalue weighted by Crippen LogP contribution is 2.36. The van der Waals surface area contributed by atoms with Gasteiger partial charge < -0.3 is 10.1 Å². The molecule has 0 saturated carbocycles. The summed E-state index contributed by atoms with van der Waals surface area (Å²) in [5, 5.41) is 5.40. The highest BCUT2D eigenvalue weighted by molar-refractivity contribution is 7.09. The summed E-state index contributed by atoms with van der Waals surface area (Å²) in [6, 6.07) is 0. The minimum atomic E-state index is -0.519. The second-order valence-corrected chi connectivity index (χ2v) is 7.05. The fourth-order valence-electron chi connectivity index (χ4n) is 3.38. The lowest BCUT2D eigenvalue weighted by Gasteiger charge is -2.35.